The molecule has 0 unspecified atom stereocenters. The van der Waals surface area contributed by atoms with Crippen LogP contribution < -0.4 is 11.1 Å². The molecule has 6 nitrogen and oxygen atoms in total. The van der Waals surface area contributed by atoms with Crippen molar-refractivity contribution in [1.82, 2.24) is 14.9 Å². The lowest BCUT2D eigenvalue weighted by Crippen LogP contribution is -2.49. The van der Waals surface area contributed by atoms with E-state index in [2.05, 4.69) is 32.0 Å². The molecule has 0 spiro atoms. The van der Waals surface area contributed by atoms with Crippen LogP contribution in [0.3, 0.4) is 0 Å². The fourth-order valence-electron chi connectivity index (χ4n) is 4.68. The number of aromatic nitrogens is 2. The summed E-state index contributed by atoms with van der Waals surface area (Å²) in [6.45, 7) is 3.79. The summed E-state index contributed by atoms with van der Waals surface area (Å²) in [7, 11) is 0. The van der Waals surface area contributed by atoms with Gasteiger partial charge in [0.1, 0.15) is 12.1 Å². The zero-order valence-electron chi connectivity index (χ0n) is 17.2. The Bertz CT molecular complexity index is 1300. The molecule has 6 rings (SSSR count). The van der Waals surface area contributed by atoms with Gasteiger partial charge in [0.15, 0.2) is 5.82 Å². The van der Waals surface area contributed by atoms with Gasteiger partial charge in [-0.25, -0.2) is 14.4 Å². The van der Waals surface area contributed by atoms with Crippen molar-refractivity contribution >= 4 is 39.7 Å². The van der Waals surface area contributed by atoms with E-state index in [4.69, 9.17) is 22.1 Å². The van der Waals surface area contributed by atoms with Crippen molar-refractivity contribution in [3.8, 4) is 11.8 Å². The number of rotatable bonds is 3. The molecule has 3 heterocycles. The quantitative estimate of drug-likeness (QED) is 0.467. The number of hydrogen-bond donors (Lipinski definition) is 2. The van der Waals surface area contributed by atoms with Crippen molar-refractivity contribution in [2.75, 3.05) is 37.4 Å². The van der Waals surface area contributed by atoms with E-state index in [1.54, 1.807) is 18.2 Å². The zero-order chi connectivity index (χ0) is 21.9. The lowest BCUT2D eigenvalue weighted by atomic mass is 10.0. The Morgan fingerprint density at radius 2 is 2.16 bits per heavy atom. The predicted molar refractivity (Wildman–Crippen MR) is 122 cm³/mol. The highest BCUT2D eigenvalue weighted by Crippen LogP contribution is 2.58. The summed E-state index contributed by atoms with van der Waals surface area (Å²) in [4.78, 5) is 11.1. The lowest BCUT2D eigenvalue weighted by Gasteiger charge is -2.35. The van der Waals surface area contributed by atoms with E-state index in [0.717, 1.165) is 38.3 Å². The third kappa shape index (κ3) is 3.27. The number of ether oxygens (including phenoxy) is 1. The molecule has 2 aromatic carbocycles. The third-order valence-corrected chi connectivity index (χ3v) is 7.06. The maximum absolute atomic E-state index is 14.3. The van der Waals surface area contributed by atoms with Crippen LogP contribution in [0.15, 0.2) is 36.7 Å². The van der Waals surface area contributed by atoms with Gasteiger partial charge in [0, 0.05) is 35.1 Å². The first kappa shape index (κ1) is 19.7. The van der Waals surface area contributed by atoms with Crippen LogP contribution in [0.1, 0.15) is 12.0 Å². The second-order valence-electron chi connectivity index (χ2n) is 8.83. The Morgan fingerprint density at radius 1 is 1.28 bits per heavy atom. The van der Waals surface area contributed by atoms with Crippen LogP contribution in [0.2, 0.25) is 5.02 Å². The Kier molecular flexibility index (Phi) is 4.51. The van der Waals surface area contributed by atoms with Gasteiger partial charge in [-0.3, -0.25) is 4.90 Å². The Morgan fingerprint density at radius 3 is 2.97 bits per heavy atom. The normalized spacial score (nSPS) is 24.5. The Balaban J connectivity index is 1.29. The standard InChI is InChI=1S/C24H21ClFN5O/c25-18-2-1-3-20(22(18)26)30-23-17-7-19(27)14(6-21(17)28-13-29-23)4-5-24-8-15(24)9-31(12-24)16-10-32-11-16/h1-3,6-7,13,15-16H,8-12,27H2,(H,28,29,30)/t15-,24+/m0/s1. The SMILES string of the molecule is Nc1cc2c(Nc3cccc(Cl)c3F)ncnc2cc1C#C[C@]12C[C@H]1CN(C1COC1)C2. The van der Waals surface area contributed by atoms with Crippen molar-refractivity contribution in [2.45, 2.75) is 12.5 Å². The number of nitrogen functional groups attached to an aromatic ring is 1. The van der Waals surface area contributed by atoms with Gasteiger partial charge < -0.3 is 15.8 Å². The van der Waals surface area contributed by atoms with E-state index in [1.807, 2.05) is 6.07 Å². The van der Waals surface area contributed by atoms with E-state index >= 15 is 0 Å². The van der Waals surface area contributed by atoms with Crippen molar-refractivity contribution < 1.29 is 9.13 Å². The number of fused-ring (bicyclic) bond motifs is 2. The predicted octanol–water partition coefficient (Wildman–Crippen LogP) is 3.82. The van der Waals surface area contributed by atoms with Crippen LogP contribution in [0.25, 0.3) is 10.9 Å². The molecule has 2 saturated heterocycles. The number of nitrogens with zero attached hydrogens (tertiary/aromatic N) is 3. The van der Waals surface area contributed by atoms with Gasteiger partial charge in [-0.2, -0.15) is 0 Å². The molecule has 3 aromatic rings. The Hall–Kier alpha value is -2.92. The molecule has 1 aliphatic carbocycles. The molecule has 0 amide bonds. The van der Waals surface area contributed by atoms with Crippen LogP contribution >= 0.6 is 11.6 Å². The van der Waals surface area contributed by atoms with E-state index in [1.165, 1.54) is 12.4 Å². The summed E-state index contributed by atoms with van der Waals surface area (Å²) in [5, 5.41) is 3.73. The fourth-order valence-corrected chi connectivity index (χ4v) is 4.85. The fraction of sp³-hybridized carbons (Fsp3) is 0.333. The van der Waals surface area contributed by atoms with Crippen LogP contribution in [0, 0.1) is 29.0 Å². The minimum Gasteiger partial charge on any atom is -0.398 e. The van der Waals surface area contributed by atoms with Crippen molar-refractivity contribution in [3.05, 3.63) is 53.1 Å². The molecular formula is C24H21ClFN5O. The van der Waals surface area contributed by atoms with Crippen molar-refractivity contribution in [1.29, 1.82) is 0 Å². The first-order valence-corrected chi connectivity index (χ1v) is 11.0. The van der Waals surface area contributed by atoms with Gasteiger partial charge in [-0.1, -0.05) is 29.5 Å². The smallest absolute Gasteiger partial charge is 0.165 e. The molecule has 2 aliphatic heterocycles. The van der Waals surface area contributed by atoms with E-state index in [-0.39, 0.29) is 16.1 Å². The topological polar surface area (TPSA) is 76.3 Å². The van der Waals surface area contributed by atoms with E-state index < -0.39 is 5.82 Å². The summed E-state index contributed by atoms with van der Waals surface area (Å²) in [5.74, 6) is 7.40. The summed E-state index contributed by atoms with van der Waals surface area (Å²) >= 11 is 5.89. The maximum Gasteiger partial charge on any atom is 0.165 e. The first-order chi connectivity index (χ1) is 15.5. The number of nitrogens with two attached hydrogens (primary N) is 1. The summed E-state index contributed by atoms with van der Waals surface area (Å²) in [6.07, 6.45) is 2.59. The molecule has 2 atom stereocenters. The van der Waals surface area contributed by atoms with Gasteiger partial charge >= 0.3 is 0 Å². The average Bonchev–Trinajstić information content (AvgIpc) is 3.29. The summed E-state index contributed by atoms with van der Waals surface area (Å²) in [6, 6.07) is 8.99. The highest BCUT2D eigenvalue weighted by Gasteiger charge is 2.60. The highest BCUT2D eigenvalue weighted by atomic mass is 35.5. The number of halogens is 2. The van der Waals surface area contributed by atoms with Crippen LogP contribution in [-0.2, 0) is 4.74 Å². The number of likely N-dealkylation sites (tertiary alicyclic amines) is 1. The largest absolute Gasteiger partial charge is 0.398 e. The molecule has 1 saturated carbocycles. The first-order valence-electron chi connectivity index (χ1n) is 10.6. The highest BCUT2D eigenvalue weighted by molar-refractivity contribution is 6.31. The molecule has 3 aliphatic rings. The summed E-state index contributed by atoms with van der Waals surface area (Å²) < 4.78 is 19.7. The number of hydrogen-bond acceptors (Lipinski definition) is 6. The summed E-state index contributed by atoms with van der Waals surface area (Å²) in [5.41, 5.74) is 8.65. The van der Waals surface area contributed by atoms with Gasteiger partial charge in [0.2, 0.25) is 0 Å². The van der Waals surface area contributed by atoms with Crippen molar-refractivity contribution in [3.63, 3.8) is 0 Å². The number of piperidine rings is 1. The molecule has 3 fully saturated rings. The lowest BCUT2D eigenvalue weighted by molar-refractivity contribution is -0.0614. The number of benzene rings is 2. The average molecular weight is 450 g/mol. The monoisotopic (exact) mass is 449 g/mol. The van der Waals surface area contributed by atoms with Gasteiger partial charge in [-0.15, -0.1) is 0 Å². The second-order valence-corrected chi connectivity index (χ2v) is 9.24. The molecule has 1 aromatic heterocycles. The zero-order valence-corrected chi connectivity index (χ0v) is 18.0. The molecule has 8 heteroatoms. The maximum atomic E-state index is 14.3. The molecule has 32 heavy (non-hydrogen) atoms. The molecule has 162 valence electrons. The van der Waals surface area contributed by atoms with Gasteiger partial charge in [0.25, 0.3) is 0 Å². The van der Waals surface area contributed by atoms with E-state index in [0.29, 0.717) is 34.4 Å². The second kappa shape index (κ2) is 7.31. The minimum atomic E-state index is -0.534. The number of nitrogens with one attached hydrogen (secondary N) is 1. The minimum absolute atomic E-state index is 0.0403. The molecule has 0 radical (unpaired) electrons. The molecule has 3 N–H and O–H groups in total. The van der Waals surface area contributed by atoms with Gasteiger partial charge in [-0.05, 0) is 36.6 Å². The van der Waals surface area contributed by atoms with Crippen LogP contribution in [0.5, 0.6) is 0 Å². The van der Waals surface area contributed by atoms with Crippen LogP contribution in [0.4, 0.5) is 21.6 Å². The van der Waals surface area contributed by atoms with Crippen molar-refractivity contribution in [2.24, 2.45) is 11.3 Å². The molecule has 0 bridgehead atoms. The third-order valence-electron chi connectivity index (χ3n) is 6.77. The number of anilines is 3. The van der Waals surface area contributed by atoms with Gasteiger partial charge in [0.05, 0.1) is 35.5 Å². The van der Waals surface area contributed by atoms with Crippen LogP contribution in [-0.4, -0.2) is 47.2 Å². The molecular weight excluding hydrogens is 429 g/mol. The van der Waals surface area contributed by atoms with E-state index in [9.17, 15) is 4.39 Å². The Labute approximate surface area is 189 Å².